The number of hydrogen-bond donors (Lipinski definition) is 0. The number of likely N-dealkylation sites (tertiary alicyclic amines) is 1. The summed E-state index contributed by atoms with van der Waals surface area (Å²) in [5, 5.41) is 0. The number of amides is 1. The van der Waals surface area contributed by atoms with Gasteiger partial charge >= 0.3 is 6.09 Å². The predicted molar refractivity (Wildman–Crippen MR) is 75.2 cm³/mol. The summed E-state index contributed by atoms with van der Waals surface area (Å²) in [5.74, 6) is 0.818. The van der Waals surface area contributed by atoms with Crippen molar-refractivity contribution < 1.29 is 9.53 Å². The fourth-order valence-electron chi connectivity index (χ4n) is 2.75. The van der Waals surface area contributed by atoms with Crippen LogP contribution in [0.2, 0.25) is 0 Å². The minimum absolute atomic E-state index is 0.171. The van der Waals surface area contributed by atoms with Crippen LogP contribution in [0, 0.1) is 5.92 Å². The Hall–Kier alpha value is -0.810. The van der Waals surface area contributed by atoms with Gasteiger partial charge in [0.25, 0.3) is 0 Å². The number of nitrogens with zero attached hydrogens (tertiary/aromatic N) is 3. The molecule has 19 heavy (non-hydrogen) atoms. The lowest BCUT2D eigenvalue weighted by Crippen LogP contribution is -2.54. The highest BCUT2D eigenvalue weighted by Crippen LogP contribution is 2.16. The number of carbonyl (C=O) groups is 1. The van der Waals surface area contributed by atoms with Crippen LogP contribution < -0.4 is 0 Å². The maximum atomic E-state index is 11.9. The first-order valence-electron chi connectivity index (χ1n) is 7.22. The van der Waals surface area contributed by atoms with Crippen molar-refractivity contribution in [2.24, 2.45) is 5.92 Å². The van der Waals surface area contributed by atoms with Gasteiger partial charge in [-0.05, 0) is 33.7 Å². The lowest BCUT2D eigenvalue weighted by molar-refractivity contribution is 0.00926. The lowest BCUT2D eigenvalue weighted by atomic mass is 10.0. The van der Waals surface area contributed by atoms with E-state index in [1.165, 1.54) is 19.6 Å². The second-order valence-electron chi connectivity index (χ2n) is 6.86. The van der Waals surface area contributed by atoms with Crippen molar-refractivity contribution in [3.63, 3.8) is 0 Å². The van der Waals surface area contributed by atoms with E-state index in [1.54, 1.807) is 0 Å². The first kappa shape index (κ1) is 14.6. The molecule has 0 saturated carbocycles. The molecule has 5 nitrogen and oxygen atoms in total. The van der Waals surface area contributed by atoms with Gasteiger partial charge in [-0.3, -0.25) is 4.90 Å². The lowest BCUT2D eigenvalue weighted by Gasteiger charge is -2.42. The van der Waals surface area contributed by atoms with Gasteiger partial charge in [-0.2, -0.15) is 0 Å². The SMILES string of the molecule is CN1CC(CN2CCN(C(=O)OC(C)(C)C)CC2)C1. The number of hydrogen-bond acceptors (Lipinski definition) is 4. The molecule has 0 unspecified atom stereocenters. The van der Waals surface area contributed by atoms with Crippen LogP contribution in [-0.4, -0.2) is 79.3 Å². The molecule has 0 aromatic heterocycles. The van der Waals surface area contributed by atoms with E-state index in [2.05, 4.69) is 16.8 Å². The van der Waals surface area contributed by atoms with E-state index in [9.17, 15) is 4.79 Å². The summed E-state index contributed by atoms with van der Waals surface area (Å²) in [5.41, 5.74) is -0.398. The highest BCUT2D eigenvalue weighted by molar-refractivity contribution is 5.68. The first-order valence-corrected chi connectivity index (χ1v) is 7.22. The molecule has 2 aliphatic heterocycles. The van der Waals surface area contributed by atoms with Crippen molar-refractivity contribution in [1.29, 1.82) is 0 Å². The summed E-state index contributed by atoms with van der Waals surface area (Å²) < 4.78 is 5.40. The molecule has 2 fully saturated rings. The summed E-state index contributed by atoms with van der Waals surface area (Å²) in [6, 6.07) is 0. The van der Waals surface area contributed by atoms with E-state index in [0.717, 1.165) is 32.1 Å². The van der Waals surface area contributed by atoms with Gasteiger partial charge in [-0.15, -0.1) is 0 Å². The van der Waals surface area contributed by atoms with E-state index in [4.69, 9.17) is 4.74 Å². The zero-order valence-electron chi connectivity index (χ0n) is 12.7. The van der Waals surface area contributed by atoms with Gasteiger partial charge in [0.05, 0.1) is 0 Å². The van der Waals surface area contributed by atoms with Crippen LogP contribution in [0.3, 0.4) is 0 Å². The molecule has 2 rings (SSSR count). The third-order valence-corrected chi connectivity index (χ3v) is 3.68. The van der Waals surface area contributed by atoms with Gasteiger partial charge in [0.1, 0.15) is 5.60 Å². The van der Waals surface area contributed by atoms with Crippen molar-refractivity contribution in [2.75, 3.05) is 52.9 Å². The monoisotopic (exact) mass is 269 g/mol. The van der Waals surface area contributed by atoms with Gasteiger partial charge in [0.15, 0.2) is 0 Å². The van der Waals surface area contributed by atoms with Crippen LogP contribution in [0.4, 0.5) is 4.79 Å². The number of ether oxygens (including phenoxy) is 1. The smallest absolute Gasteiger partial charge is 0.410 e. The fraction of sp³-hybridized carbons (Fsp3) is 0.929. The van der Waals surface area contributed by atoms with E-state index < -0.39 is 5.60 Å². The van der Waals surface area contributed by atoms with Crippen LogP contribution in [0.25, 0.3) is 0 Å². The van der Waals surface area contributed by atoms with Gasteiger partial charge in [0.2, 0.25) is 0 Å². The number of carbonyl (C=O) groups excluding carboxylic acids is 1. The van der Waals surface area contributed by atoms with Gasteiger partial charge in [-0.1, -0.05) is 0 Å². The molecule has 0 radical (unpaired) electrons. The summed E-state index contributed by atoms with van der Waals surface area (Å²) in [7, 11) is 2.16. The molecule has 0 spiro atoms. The highest BCUT2D eigenvalue weighted by atomic mass is 16.6. The van der Waals surface area contributed by atoms with Crippen molar-refractivity contribution in [2.45, 2.75) is 26.4 Å². The summed E-state index contributed by atoms with van der Waals surface area (Å²) in [6.45, 7) is 12.9. The molecule has 0 aromatic rings. The average molecular weight is 269 g/mol. The third-order valence-electron chi connectivity index (χ3n) is 3.68. The van der Waals surface area contributed by atoms with Crippen molar-refractivity contribution in [3.05, 3.63) is 0 Å². The predicted octanol–water partition coefficient (Wildman–Crippen LogP) is 1.10. The minimum Gasteiger partial charge on any atom is -0.444 e. The van der Waals surface area contributed by atoms with Crippen molar-refractivity contribution >= 4 is 6.09 Å². The molecule has 0 aromatic carbocycles. The molecule has 0 aliphatic carbocycles. The second-order valence-corrected chi connectivity index (χ2v) is 6.86. The van der Waals surface area contributed by atoms with Gasteiger partial charge in [-0.25, -0.2) is 4.79 Å². The molecule has 2 saturated heterocycles. The molecule has 2 aliphatic rings. The Bertz CT molecular complexity index is 313. The van der Waals surface area contributed by atoms with Crippen molar-refractivity contribution in [1.82, 2.24) is 14.7 Å². The van der Waals surface area contributed by atoms with Crippen LogP contribution >= 0.6 is 0 Å². The fourth-order valence-corrected chi connectivity index (χ4v) is 2.75. The molecule has 2 heterocycles. The molecule has 5 heteroatoms. The van der Waals surface area contributed by atoms with Crippen LogP contribution in [-0.2, 0) is 4.74 Å². The Kier molecular flexibility index (Phi) is 4.36. The van der Waals surface area contributed by atoms with Gasteiger partial charge < -0.3 is 14.5 Å². The maximum absolute atomic E-state index is 11.9. The highest BCUT2D eigenvalue weighted by Gasteiger charge is 2.29. The zero-order valence-corrected chi connectivity index (χ0v) is 12.7. The Morgan fingerprint density at radius 2 is 1.74 bits per heavy atom. The normalized spacial score (nSPS) is 23.3. The Morgan fingerprint density at radius 3 is 2.21 bits per heavy atom. The minimum atomic E-state index is -0.398. The maximum Gasteiger partial charge on any atom is 0.410 e. The van der Waals surface area contributed by atoms with Crippen LogP contribution in [0.15, 0.2) is 0 Å². The second kappa shape index (κ2) is 5.67. The Labute approximate surface area is 116 Å². The van der Waals surface area contributed by atoms with E-state index in [-0.39, 0.29) is 6.09 Å². The van der Waals surface area contributed by atoms with Crippen LogP contribution in [0.1, 0.15) is 20.8 Å². The molecule has 0 N–H and O–H groups in total. The standard InChI is InChI=1S/C14H27N3O2/c1-14(2,3)19-13(18)17-7-5-16(6-8-17)11-12-9-15(4)10-12/h12H,5-11H2,1-4H3. The Balaban J connectivity index is 1.68. The number of rotatable bonds is 2. The molecular weight excluding hydrogens is 242 g/mol. The molecular formula is C14H27N3O2. The summed E-state index contributed by atoms with van der Waals surface area (Å²) >= 11 is 0. The van der Waals surface area contributed by atoms with Crippen LogP contribution in [0.5, 0.6) is 0 Å². The van der Waals surface area contributed by atoms with E-state index >= 15 is 0 Å². The Morgan fingerprint density at radius 1 is 1.16 bits per heavy atom. The molecule has 110 valence electrons. The quantitative estimate of drug-likeness (QED) is 0.752. The molecule has 0 atom stereocenters. The van der Waals surface area contributed by atoms with E-state index in [0.29, 0.717) is 0 Å². The third kappa shape index (κ3) is 4.35. The first-order chi connectivity index (χ1) is 8.83. The van der Waals surface area contributed by atoms with Crippen molar-refractivity contribution in [3.8, 4) is 0 Å². The number of piperazine rings is 1. The molecule has 0 bridgehead atoms. The average Bonchev–Trinajstić information content (AvgIpc) is 2.25. The largest absolute Gasteiger partial charge is 0.444 e. The zero-order chi connectivity index (χ0) is 14.0. The van der Waals surface area contributed by atoms with Gasteiger partial charge in [0, 0.05) is 45.8 Å². The topological polar surface area (TPSA) is 36.0 Å². The summed E-state index contributed by atoms with van der Waals surface area (Å²) in [4.78, 5) is 18.6. The van der Waals surface area contributed by atoms with E-state index in [1.807, 2.05) is 25.7 Å². The molecule has 1 amide bonds. The summed E-state index contributed by atoms with van der Waals surface area (Å²) in [6.07, 6.45) is -0.171.